The minimum absolute atomic E-state index is 0.314. The summed E-state index contributed by atoms with van der Waals surface area (Å²) < 4.78 is 6.85. The zero-order chi connectivity index (χ0) is 24.2. The van der Waals surface area contributed by atoms with E-state index in [1.54, 1.807) is 0 Å². The van der Waals surface area contributed by atoms with Crippen molar-refractivity contribution in [3.05, 3.63) is 0 Å². The number of hydrogen-bond acceptors (Lipinski definition) is 3. The van der Waals surface area contributed by atoms with Gasteiger partial charge < -0.3 is 4.74 Å². The predicted octanol–water partition coefficient (Wildman–Crippen LogP) is 9.43. The van der Waals surface area contributed by atoms with Crippen LogP contribution in [0.3, 0.4) is 0 Å². The molecule has 192 valence electrons. The summed E-state index contributed by atoms with van der Waals surface area (Å²) in [6.45, 7) is 7.71. The molecule has 0 aromatic heterocycles. The number of rotatable bonds is 9. The molecule has 34 heavy (non-hydrogen) atoms. The summed E-state index contributed by atoms with van der Waals surface area (Å²) in [6.07, 6.45) is 28.5. The Morgan fingerprint density at radius 2 is 1.68 bits per heavy atom. The van der Waals surface area contributed by atoms with E-state index < -0.39 is 0 Å². The first-order chi connectivity index (χ1) is 16.4. The Morgan fingerprint density at radius 3 is 2.47 bits per heavy atom. The van der Waals surface area contributed by atoms with Crippen LogP contribution >= 0.6 is 24.0 Å². The summed E-state index contributed by atoms with van der Waals surface area (Å²) in [7, 11) is 0. The molecule has 0 aromatic rings. The van der Waals surface area contributed by atoms with Gasteiger partial charge in [-0.05, 0) is 117 Å². The van der Waals surface area contributed by atoms with Gasteiger partial charge in [-0.15, -0.1) is 6.42 Å². The van der Waals surface area contributed by atoms with E-state index in [0.717, 1.165) is 29.6 Å². The molecule has 0 amide bonds. The van der Waals surface area contributed by atoms with Crippen molar-refractivity contribution < 1.29 is 4.74 Å². The van der Waals surface area contributed by atoms with Crippen molar-refractivity contribution in [2.24, 2.45) is 40.4 Å². The summed E-state index contributed by atoms with van der Waals surface area (Å²) in [5, 5.41) is 0. The Morgan fingerprint density at radius 1 is 0.941 bits per heavy atom. The number of thiocarbonyl (C=S) groups is 1. The smallest absolute Gasteiger partial charge is 0.221 e. The van der Waals surface area contributed by atoms with Crippen LogP contribution in [-0.2, 0) is 4.74 Å². The van der Waals surface area contributed by atoms with Crippen LogP contribution in [0.1, 0.15) is 124 Å². The molecule has 0 saturated heterocycles. The topological polar surface area (TPSA) is 9.23 Å². The second-order valence-corrected chi connectivity index (χ2v) is 14.4. The lowest BCUT2D eigenvalue weighted by atomic mass is 9.44. The highest BCUT2D eigenvalue weighted by Gasteiger charge is 2.60. The van der Waals surface area contributed by atoms with Crippen molar-refractivity contribution in [1.29, 1.82) is 0 Å². The maximum absolute atomic E-state index is 6.19. The van der Waals surface area contributed by atoms with E-state index in [-0.39, 0.29) is 0 Å². The summed E-state index contributed by atoms with van der Waals surface area (Å²) in [6, 6.07) is 0. The summed E-state index contributed by atoms with van der Waals surface area (Å²) in [5.41, 5.74) is 1.16. The molecule has 1 unspecified atom stereocenters. The van der Waals surface area contributed by atoms with Crippen molar-refractivity contribution in [2.75, 3.05) is 5.75 Å². The Balaban J connectivity index is 1.32. The highest BCUT2D eigenvalue weighted by Crippen LogP contribution is 2.68. The average Bonchev–Trinajstić information content (AvgIpc) is 3.16. The summed E-state index contributed by atoms with van der Waals surface area (Å²) in [5.74, 6) is 8.03. The Bertz CT molecular complexity index is 727. The second kappa shape index (κ2) is 11.9. The van der Waals surface area contributed by atoms with Crippen molar-refractivity contribution >= 4 is 28.4 Å². The third-order valence-electron chi connectivity index (χ3n) is 11.3. The van der Waals surface area contributed by atoms with Crippen LogP contribution in [0.2, 0.25) is 0 Å². The lowest BCUT2D eigenvalue weighted by molar-refractivity contribution is -0.125. The number of unbranched alkanes of at least 4 members (excludes halogenated alkanes) is 5. The van der Waals surface area contributed by atoms with Gasteiger partial charge in [-0.3, -0.25) is 0 Å². The molecular formula is C31H50OS2. The third-order valence-corrected chi connectivity index (χ3v) is 12.3. The molecule has 0 aliphatic heterocycles. The molecule has 4 aliphatic rings. The van der Waals surface area contributed by atoms with E-state index in [9.17, 15) is 0 Å². The lowest BCUT2D eigenvalue weighted by Gasteiger charge is -2.61. The van der Waals surface area contributed by atoms with E-state index in [1.165, 1.54) is 114 Å². The van der Waals surface area contributed by atoms with Gasteiger partial charge >= 0.3 is 0 Å². The quantitative estimate of drug-likeness (QED) is 0.176. The Labute approximate surface area is 220 Å². The minimum Gasteiger partial charge on any atom is -0.475 e. The fourth-order valence-electron chi connectivity index (χ4n) is 9.35. The molecule has 0 N–H and O–H groups in total. The molecule has 3 heteroatoms. The van der Waals surface area contributed by atoms with E-state index in [1.807, 2.05) is 0 Å². The van der Waals surface area contributed by atoms with Crippen LogP contribution in [0.15, 0.2) is 0 Å². The molecule has 0 heterocycles. The Hall–Kier alpha value is -0.200. The van der Waals surface area contributed by atoms with Gasteiger partial charge in [-0.25, -0.2) is 0 Å². The van der Waals surface area contributed by atoms with Gasteiger partial charge in [0.2, 0.25) is 4.38 Å². The maximum atomic E-state index is 6.19. The van der Waals surface area contributed by atoms with Crippen LogP contribution in [0, 0.1) is 52.8 Å². The second-order valence-electron chi connectivity index (χ2n) is 12.8. The lowest BCUT2D eigenvalue weighted by Crippen LogP contribution is -2.54. The number of hydrogen-bond donors (Lipinski definition) is 0. The van der Waals surface area contributed by atoms with Gasteiger partial charge in [-0.2, -0.15) is 0 Å². The van der Waals surface area contributed by atoms with Gasteiger partial charge in [0.1, 0.15) is 6.10 Å². The molecule has 4 aliphatic carbocycles. The molecule has 0 aromatic carbocycles. The molecular weight excluding hydrogens is 452 g/mol. The van der Waals surface area contributed by atoms with E-state index in [4.69, 9.17) is 23.4 Å². The Kier molecular flexibility index (Phi) is 9.40. The minimum atomic E-state index is 0.314. The normalized spacial score (nSPS) is 41.1. The van der Waals surface area contributed by atoms with Crippen molar-refractivity contribution in [2.45, 2.75) is 130 Å². The highest BCUT2D eigenvalue weighted by molar-refractivity contribution is 8.22. The standard InChI is InChI=1S/C31H50OS2/c1-5-7-8-9-10-11-12-23-14-16-27-26-15-13-24-22-25(32-29(33)34-21-6-2)17-19-31(24,4)28(26)18-20-30(23,27)3/h2,23-28H,5,7-22H2,1,3-4H3/t23-,24-,25-,26?,27-,28-,30+,31-/m0/s1. The van der Waals surface area contributed by atoms with E-state index in [0.29, 0.717) is 27.1 Å². The first-order valence-electron chi connectivity index (χ1n) is 14.7. The largest absolute Gasteiger partial charge is 0.475 e. The van der Waals surface area contributed by atoms with Gasteiger partial charge in [0.25, 0.3) is 0 Å². The molecule has 4 rings (SSSR count). The van der Waals surface area contributed by atoms with Crippen LogP contribution in [0.25, 0.3) is 0 Å². The molecule has 0 bridgehead atoms. The average molecular weight is 503 g/mol. The fourth-order valence-corrected chi connectivity index (χ4v) is 10.1. The molecule has 4 fully saturated rings. The number of thioether (sulfide) groups is 1. The van der Waals surface area contributed by atoms with E-state index in [2.05, 4.69) is 26.7 Å². The van der Waals surface area contributed by atoms with Gasteiger partial charge in [0, 0.05) is 0 Å². The SMILES string of the molecule is C#CCSC(=S)O[C@H]1CC[C@@]2(C)[C@@H](CCC3[C@@H]2CC[C@]2(C)[C@@H](CCCCCCCC)CC[C@@H]32)C1. The van der Waals surface area contributed by atoms with Crippen molar-refractivity contribution in [3.8, 4) is 12.3 Å². The van der Waals surface area contributed by atoms with Crippen LogP contribution in [-0.4, -0.2) is 16.2 Å². The third kappa shape index (κ3) is 5.54. The van der Waals surface area contributed by atoms with Crippen LogP contribution in [0.5, 0.6) is 0 Å². The van der Waals surface area contributed by atoms with Crippen LogP contribution in [0.4, 0.5) is 0 Å². The van der Waals surface area contributed by atoms with Crippen LogP contribution < -0.4 is 0 Å². The van der Waals surface area contributed by atoms with Crippen molar-refractivity contribution in [3.63, 3.8) is 0 Å². The molecule has 1 nitrogen and oxygen atoms in total. The van der Waals surface area contributed by atoms with Gasteiger partial charge in [0.05, 0.1) is 5.75 Å². The first kappa shape index (κ1) is 26.9. The molecule has 0 radical (unpaired) electrons. The molecule has 8 atom stereocenters. The summed E-state index contributed by atoms with van der Waals surface area (Å²) in [4.78, 5) is 0. The number of ether oxygens (including phenoxy) is 1. The summed E-state index contributed by atoms with van der Waals surface area (Å²) >= 11 is 6.95. The maximum Gasteiger partial charge on any atom is 0.221 e. The molecule has 4 saturated carbocycles. The van der Waals surface area contributed by atoms with Gasteiger partial charge in [-0.1, -0.05) is 77.0 Å². The monoisotopic (exact) mass is 502 g/mol. The van der Waals surface area contributed by atoms with E-state index >= 15 is 0 Å². The zero-order valence-electron chi connectivity index (χ0n) is 22.3. The molecule has 0 spiro atoms. The zero-order valence-corrected chi connectivity index (χ0v) is 23.9. The fraction of sp³-hybridized carbons (Fsp3) is 0.903. The highest BCUT2D eigenvalue weighted by atomic mass is 32.2. The predicted molar refractivity (Wildman–Crippen MR) is 152 cm³/mol. The van der Waals surface area contributed by atoms with Gasteiger partial charge in [0.15, 0.2) is 0 Å². The van der Waals surface area contributed by atoms with Crippen molar-refractivity contribution in [1.82, 2.24) is 0 Å². The number of terminal acetylenes is 1. The number of fused-ring (bicyclic) bond motifs is 5. The first-order valence-corrected chi connectivity index (χ1v) is 16.1.